The third-order valence-corrected chi connectivity index (χ3v) is 5.78. The Morgan fingerprint density at radius 1 is 1.17 bits per heavy atom. The Balaban J connectivity index is 1.57. The summed E-state index contributed by atoms with van der Waals surface area (Å²) in [4.78, 5) is 12.4. The van der Waals surface area contributed by atoms with Gasteiger partial charge in [-0.2, -0.15) is 5.10 Å². The molecule has 2 aromatic heterocycles. The molecule has 1 amide bonds. The molecular formula is C21H29N7OS. The average molecular weight is 428 g/mol. The fraction of sp³-hybridized carbons (Fsp3) is 0.429. The highest BCUT2D eigenvalue weighted by Crippen LogP contribution is 2.23. The Labute approximate surface area is 181 Å². The summed E-state index contributed by atoms with van der Waals surface area (Å²) in [6, 6.07) is 10.2. The molecule has 0 saturated carbocycles. The zero-order valence-electron chi connectivity index (χ0n) is 18.1. The SMILES string of the molecule is Cc1nn(Cc2ccccc2)c(C)c1CNC(=O)CSc1nnc(C(C)(C)C)n1N. The van der Waals surface area contributed by atoms with Crippen LogP contribution in [0.1, 0.15) is 49.1 Å². The third-order valence-electron chi connectivity index (χ3n) is 4.84. The van der Waals surface area contributed by atoms with E-state index in [4.69, 9.17) is 5.84 Å². The number of hydrogen-bond donors (Lipinski definition) is 2. The van der Waals surface area contributed by atoms with Gasteiger partial charge in [0.15, 0.2) is 5.82 Å². The van der Waals surface area contributed by atoms with E-state index in [1.54, 1.807) is 0 Å². The van der Waals surface area contributed by atoms with Crippen LogP contribution in [-0.4, -0.2) is 36.3 Å². The van der Waals surface area contributed by atoms with E-state index in [1.807, 2.05) is 57.5 Å². The highest BCUT2D eigenvalue weighted by molar-refractivity contribution is 7.99. The molecule has 0 aliphatic rings. The van der Waals surface area contributed by atoms with E-state index in [-0.39, 0.29) is 17.1 Å². The summed E-state index contributed by atoms with van der Waals surface area (Å²) in [6.07, 6.45) is 0. The van der Waals surface area contributed by atoms with E-state index in [1.165, 1.54) is 22.0 Å². The monoisotopic (exact) mass is 427 g/mol. The zero-order valence-corrected chi connectivity index (χ0v) is 19.0. The van der Waals surface area contributed by atoms with Crippen molar-refractivity contribution < 1.29 is 4.79 Å². The maximum atomic E-state index is 12.4. The van der Waals surface area contributed by atoms with Crippen LogP contribution in [0.2, 0.25) is 0 Å². The first-order valence-corrected chi connectivity index (χ1v) is 10.8. The van der Waals surface area contributed by atoms with Gasteiger partial charge in [0.2, 0.25) is 11.1 Å². The molecule has 0 saturated heterocycles. The van der Waals surface area contributed by atoms with Gasteiger partial charge in [-0.25, -0.2) is 4.68 Å². The number of nitrogen functional groups attached to an aromatic ring is 1. The Hall–Kier alpha value is -2.81. The van der Waals surface area contributed by atoms with Crippen molar-refractivity contribution in [2.45, 2.75) is 58.3 Å². The van der Waals surface area contributed by atoms with Crippen molar-refractivity contribution >= 4 is 17.7 Å². The highest BCUT2D eigenvalue weighted by atomic mass is 32.2. The van der Waals surface area contributed by atoms with E-state index < -0.39 is 0 Å². The van der Waals surface area contributed by atoms with E-state index in [0.717, 1.165) is 17.0 Å². The summed E-state index contributed by atoms with van der Waals surface area (Å²) in [7, 11) is 0. The molecule has 8 nitrogen and oxygen atoms in total. The summed E-state index contributed by atoms with van der Waals surface area (Å²) in [5.41, 5.74) is 4.00. The Morgan fingerprint density at radius 3 is 2.50 bits per heavy atom. The standard InChI is InChI=1S/C21H29N7OS/c1-14-17(15(2)27(26-14)12-16-9-7-6-8-10-16)11-23-18(29)13-30-20-25-24-19(28(20)22)21(3,4)5/h6-10H,11-13,22H2,1-5H3,(H,23,29). The van der Waals surface area contributed by atoms with Crippen LogP contribution < -0.4 is 11.2 Å². The number of thioether (sulfide) groups is 1. The number of carbonyl (C=O) groups is 1. The smallest absolute Gasteiger partial charge is 0.230 e. The van der Waals surface area contributed by atoms with Crippen molar-refractivity contribution in [3.8, 4) is 0 Å². The fourth-order valence-corrected chi connectivity index (χ4v) is 3.84. The largest absolute Gasteiger partial charge is 0.351 e. The minimum Gasteiger partial charge on any atom is -0.351 e. The highest BCUT2D eigenvalue weighted by Gasteiger charge is 2.23. The van der Waals surface area contributed by atoms with Gasteiger partial charge in [-0.05, 0) is 19.4 Å². The first-order valence-electron chi connectivity index (χ1n) is 9.84. The van der Waals surface area contributed by atoms with Gasteiger partial charge >= 0.3 is 0 Å². The number of hydrogen-bond acceptors (Lipinski definition) is 6. The molecule has 0 radical (unpaired) electrons. The van der Waals surface area contributed by atoms with Gasteiger partial charge in [0.1, 0.15) is 0 Å². The fourth-order valence-electron chi connectivity index (χ4n) is 3.16. The lowest BCUT2D eigenvalue weighted by atomic mass is 9.96. The molecule has 0 aliphatic carbocycles. The first-order chi connectivity index (χ1) is 14.2. The normalized spacial score (nSPS) is 11.6. The molecule has 0 spiro atoms. The molecule has 3 N–H and O–H groups in total. The van der Waals surface area contributed by atoms with Crippen molar-refractivity contribution in [1.29, 1.82) is 0 Å². The number of nitrogens with two attached hydrogens (primary N) is 1. The van der Waals surface area contributed by atoms with Gasteiger partial charge in [0.05, 0.1) is 18.0 Å². The molecule has 0 atom stereocenters. The summed E-state index contributed by atoms with van der Waals surface area (Å²) in [6.45, 7) is 11.2. The zero-order chi connectivity index (χ0) is 21.9. The molecule has 0 aliphatic heterocycles. The first kappa shape index (κ1) is 21.9. The Kier molecular flexibility index (Phi) is 6.50. The van der Waals surface area contributed by atoms with Crippen molar-refractivity contribution in [2.24, 2.45) is 0 Å². The van der Waals surface area contributed by atoms with Crippen LogP contribution in [0.25, 0.3) is 0 Å². The van der Waals surface area contributed by atoms with Crippen LogP contribution in [-0.2, 0) is 23.3 Å². The van der Waals surface area contributed by atoms with Gasteiger partial charge < -0.3 is 11.2 Å². The topological polar surface area (TPSA) is 104 Å². The van der Waals surface area contributed by atoms with Crippen LogP contribution >= 0.6 is 11.8 Å². The number of nitrogens with zero attached hydrogens (tertiary/aromatic N) is 5. The summed E-state index contributed by atoms with van der Waals surface area (Å²) in [5, 5.41) is 16.4. The van der Waals surface area contributed by atoms with Crippen LogP contribution in [0.3, 0.4) is 0 Å². The number of nitrogens with one attached hydrogen (secondary N) is 1. The van der Waals surface area contributed by atoms with Crippen LogP contribution in [0.5, 0.6) is 0 Å². The van der Waals surface area contributed by atoms with Gasteiger partial charge in [-0.15, -0.1) is 10.2 Å². The maximum Gasteiger partial charge on any atom is 0.230 e. The second kappa shape index (κ2) is 8.91. The molecule has 0 fully saturated rings. The number of carbonyl (C=O) groups excluding carboxylic acids is 1. The third kappa shape index (κ3) is 5.02. The van der Waals surface area contributed by atoms with Crippen molar-refractivity contribution in [2.75, 3.05) is 11.6 Å². The van der Waals surface area contributed by atoms with Gasteiger partial charge in [0, 0.05) is 23.2 Å². The number of aromatic nitrogens is 5. The summed E-state index contributed by atoms with van der Waals surface area (Å²) < 4.78 is 3.44. The van der Waals surface area contributed by atoms with Crippen molar-refractivity contribution in [1.82, 2.24) is 30.0 Å². The summed E-state index contributed by atoms with van der Waals surface area (Å²) in [5.74, 6) is 6.89. The minimum absolute atomic E-state index is 0.0880. The molecule has 1 aromatic carbocycles. The van der Waals surface area contributed by atoms with Crippen LogP contribution in [0, 0.1) is 13.8 Å². The predicted molar refractivity (Wildman–Crippen MR) is 119 cm³/mol. The van der Waals surface area contributed by atoms with Gasteiger partial charge in [-0.3, -0.25) is 9.48 Å². The average Bonchev–Trinajstić information content (AvgIpc) is 3.19. The quantitative estimate of drug-likeness (QED) is 0.444. The van der Waals surface area contributed by atoms with E-state index >= 15 is 0 Å². The maximum absolute atomic E-state index is 12.4. The van der Waals surface area contributed by atoms with Gasteiger partial charge in [-0.1, -0.05) is 62.9 Å². The number of benzene rings is 1. The Morgan fingerprint density at radius 2 is 1.87 bits per heavy atom. The minimum atomic E-state index is -0.211. The molecule has 3 rings (SSSR count). The van der Waals surface area contributed by atoms with Crippen LogP contribution in [0.4, 0.5) is 0 Å². The van der Waals surface area contributed by atoms with E-state index in [2.05, 4.69) is 32.7 Å². The molecule has 3 aromatic rings. The van der Waals surface area contributed by atoms with Crippen molar-refractivity contribution in [3.63, 3.8) is 0 Å². The molecule has 160 valence electrons. The van der Waals surface area contributed by atoms with Crippen LogP contribution in [0.15, 0.2) is 35.5 Å². The number of rotatable bonds is 7. The second-order valence-electron chi connectivity index (χ2n) is 8.28. The predicted octanol–water partition coefficient (Wildman–Crippen LogP) is 2.56. The lowest BCUT2D eigenvalue weighted by Gasteiger charge is -2.16. The summed E-state index contributed by atoms with van der Waals surface area (Å²) >= 11 is 1.27. The number of amides is 1. The Bertz CT molecular complexity index is 1020. The molecule has 30 heavy (non-hydrogen) atoms. The second-order valence-corrected chi connectivity index (χ2v) is 9.23. The molecule has 0 bridgehead atoms. The molecule has 9 heteroatoms. The molecular weight excluding hydrogens is 398 g/mol. The van der Waals surface area contributed by atoms with Gasteiger partial charge in [0.25, 0.3) is 0 Å². The lowest BCUT2D eigenvalue weighted by Crippen LogP contribution is -2.26. The lowest BCUT2D eigenvalue weighted by molar-refractivity contribution is -0.118. The molecule has 0 unspecified atom stereocenters. The van der Waals surface area contributed by atoms with Crippen molar-refractivity contribution in [3.05, 3.63) is 58.7 Å². The number of aryl methyl sites for hydroxylation is 1. The molecule has 2 heterocycles. The van der Waals surface area contributed by atoms with E-state index in [9.17, 15) is 4.79 Å². The van der Waals surface area contributed by atoms with E-state index in [0.29, 0.717) is 24.1 Å².